The molecule has 0 saturated carbocycles. The van der Waals surface area contributed by atoms with E-state index in [1.165, 1.54) is 23.1 Å². The molecule has 5 nitrogen and oxygen atoms in total. The molecule has 0 radical (unpaired) electrons. The van der Waals surface area contributed by atoms with E-state index < -0.39 is 17.8 Å². The monoisotopic (exact) mass is 456 g/mol. The third kappa shape index (κ3) is 4.84. The number of hydrogen-bond acceptors (Lipinski definition) is 3. The van der Waals surface area contributed by atoms with Crippen LogP contribution in [0.5, 0.6) is 5.75 Å². The summed E-state index contributed by atoms with van der Waals surface area (Å²) < 4.78 is 46.2. The highest BCUT2D eigenvalue weighted by atomic mass is 35.5. The summed E-state index contributed by atoms with van der Waals surface area (Å²) in [6, 6.07) is 8.13. The summed E-state index contributed by atoms with van der Waals surface area (Å²) in [6.07, 6.45) is -5.56. The molecule has 3 N–H and O–H groups in total. The molecule has 3 rings (SSSR count). The zero-order chi connectivity index (χ0) is 23.1. The Morgan fingerprint density at radius 2 is 1.84 bits per heavy atom. The number of nitrogens with two attached hydrogens (primary N) is 1. The van der Waals surface area contributed by atoms with E-state index >= 15 is 0 Å². The van der Waals surface area contributed by atoms with E-state index in [4.69, 9.17) is 22.1 Å². The van der Waals surface area contributed by atoms with Gasteiger partial charge in [0.2, 0.25) is 0 Å². The number of amides is 1. The van der Waals surface area contributed by atoms with Crippen molar-refractivity contribution < 1.29 is 27.8 Å². The Balaban J connectivity index is 1.76. The van der Waals surface area contributed by atoms with Gasteiger partial charge in [-0.1, -0.05) is 44.5 Å². The van der Waals surface area contributed by atoms with Gasteiger partial charge in [0.1, 0.15) is 5.75 Å². The SMILES string of the molecule is CC(C)(C)C1C(COc2ccc(-c3c(Cl)cc(N)cc3C(F)(F)F)cc2)CN1C(=O)O. The van der Waals surface area contributed by atoms with Gasteiger partial charge in [-0.2, -0.15) is 13.2 Å². The number of alkyl halides is 3. The Morgan fingerprint density at radius 3 is 2.35 bits per heavy atom. The van der Waals surface area contributed by atoms with Crippen LogP contribution in [0, 0.1) is 11.3 Å². The molecule has 1 saturated heterocycles. The molecule has 0 bridgehead atoms. The van der Waals surface area contributed by atoms with E-state index in [9.17, 15) is 23.1 Å². The quantitative estimate of drug-likeness (QED) is 0.552. The number of ether oxygens (including phenoxy) is 1. The normalized spacial score (nSPS) is 19.1. The maximum Gasteiger partial charge on any atom is 0.417 e. The minimum absolute atomic E-state index is 0.0270. The molecule has 2 aromatic carbocycles. The van der Waals surface area contributed by atoms with Crippen molar-refractivity contribution >= 4 is 23.4 Å². The van der Waals surface area contributed by atoms with Gasteiger partial charge in [0.15, 0.2) is 0 Å². The van der Waals surface area contributed by atoms with E-state index in [0.717, 1.165) is 6.07 Å². The third-order valence-corrected chi connectivity index (χ3v) is 5.67. The molecule has 0 aliphatic carbocycles. The summed E-state index contributed by atoms with van der Waals surface area (Å²) in [4.78, 5) is 12.8. The van der Waals surface area contributed by atoms with Crippen molar-refractivity contribution in [1.82, 2.24) is 4.90 Å². The predicted octanol–water partition coefficient (Wildman–Crippen LogP) is 6.01. The number of carboxylic acid groups (broad SMARTS) is 1. The number of hydrogen-bond donors (Lipinski definition) is 2. The molecule has 168 valence electrons. The van der Waals surface area contributed by atoms with E-state index in [-0.39, 0.29) is 39.2 Å². The van der Waals surface area contributed by atoms with E-state index in [1.54, 1.807) is 12.1 Å². The number of likely N-dealkylation sites (tertiary alicyclic amines) is 1. The first-order valence-electron chi connectivity index (χ1n) is 9.68. The molecule has 2 unspecified atom stereocenters. The number of rotatable bonds is 4. The summed E-state index contributed by atoms with van der Waals surface area (Å²) in [7, 11) is 0. The molecule has 31 heavy (non-hydrogen) atoms. The summed E-state index contributed by atoms with van der Waals surface area (Å²) in [5.74, 6) is 0.504. The van der Waals surface area contributed by atoms with Gasteiger partial charge in [0.05, 0.1) is 17.2 Å². The molecule has 0 spiro atoms. The van der Waals surface area contributed by atoms with Crippen molar-refractivity contribution in [3.8, 4) is 16.9 Å². The minimum Gasteiger partial charge on any atom is -0.493 e. The fourth-order valence-corrected chi connectivity index (χ4v) is 4.50. The fraction of sp³-hybridized carbons (Fsp3) is 0.409. The van der Waals surface area contributed by atoms with Gasteiger partial charge < -0.3 is 20.5 Å². The second-order valence-corrected chi connectivity index (χ2v) is 9.17. The summed E-state index contributed by atoms with van der Waals surface area (Å²) in [6.45, 7) is 6.61. The van der Waals surface area contributed by atoms with E-state index in [2.05, 4.69) is 0 Å². The van der Waals surface area contributed by atoms with Crippen molar-refractivity contribution in [2.75, 3.05) is 18.9 Å². The second kappa shape index (κ2) is 8.15. The predicted molar refractivity (Wildman–Crippen MR) is 113 cm³/mol. The molecule has 1 heterocycles. The highest BCUT2D eigenvalue weighted by Crippen LogP contribution is 2.43. The van der Waals surface area contributed by atoms with Crippen LogP contribution in [-0.2, 0) is 6.18 Å². The summed E-state index contributed by atoms with van der Waals surface area (Å²) >= 11 is 6.08. The van der Waals surface area contributed by atoms with E-state index in [0.29, 0.717) is 18.9 Å². The highest BCUT2D eigenvalue weighted by molar-refractivity contribution is 6.33. The van der Waals surface area contributed by atoms with Gasteiger partial charge in [-0.3, -0.25) is 0 Å². The molecule has 1 aliphatic rings. The Hall–Kier alpha value is -2.61. The zero-order valence-corrected chi connectivity index (χ0v) is 18.1. The Kier molecular flexibility index (Phi) is 6.06. The first kappa shape index (κ1) is 23.1. The molecule has 2 aromatic rings. The maximum absolute atomic E-state index is 13.5. The van der Waals surface area contributed by atoms with Crippen molar-refractivity contribution in [1.29, 1.82) is 0 Å². The van der Waals surface area contributed by atoms with Gasteiger partial charge in [-0.25, -0.2) is 4.79 Å². The second-order valence-electron chi connectivity index (χ2n) is 8.76. The standard InChI is InChI=1S/C22H24ClF3N2O3/c1-21(2,3)19-13(10-28(19)20(29)30)11-31-15-6-4-12(5-7-15)18-16(22(24,25)26)8-14(27)9-17(18)23/h4-9,13,19H,10-11,27H2,1-3H3,(H,29,30). The third-order valence-electron chi connectivity index (χ3n) is 5.37. The van der Waals surface area contributed by atoms with Crippen LogP contribution in [0.4, 0.5) is 23.7 Å². The minimum atomic E-state index is -4.61. The Morgan fingerprint density at radius 1 is 1.23 bits per heavy atom. The van der Waals surface area contributed by atoms with Crippen molar-refractivity contribution in [2.45, 2.75) is 33.0 Å². The van der Waals surface area contributed by atoms with Crippen LogP contribution in [0.2, 0.25) is 5.02 Å². The van der Waals surface area contributed by atoms with Crippen LogP contribution >= 0.6 is 11.6 Å². The molecule has 2 atom stereocenters. The number of carbonyl (C=O) groups is 1. The molecule has 1 aliphatic heterocycles. The lowest BCUT2D eigenvalue weighted by atomic mass is 9.72. The lowest BCUT2D eigenvalue weighted by Gasteiger charge is -2.52. The van der Waals surface area contributed by atoms with Crippen LogP contribution in [0.25, 0.3) is 11.1 Å². The van der Waals surface area contributed by atoms with Gasteiger partial charge in [-0.15, -0.1) is 0 Å². The molecule has 0 aromatic heterocycles. The van der Waals surface area contributed by atoms with Crippen LogP contribution in [-0.4, -0.2) is 35.3 Å². The Bertz CT molecular complexity index is 972. The molecular formula is C22H24ClF3N2O3. The van der Waals surface area contributed by atoms with Gasteiger partial charge in [0.25, 0.3) is 0 Å². The molecule has 9 heteroatoms. The zero-order valence-electron chi connectivity index (χ0n) is 17.3. The summed E-state index contributed by atoms with van der Waals surface area (Å²) in [5.41, 5.74) is 4.48. The number of anilines is 1. The maximum atomic E-state index is 13.5. The average molecular weight is 457 g/mol. The van der Waals surface area contributed by atoms with Crippen molar-refractivity contribution in [3.05, 3.63) is 47.0 Å². The largest absolute Gasteiger partial charge is 0.493 e. The first-order valence-corrected chi connectivity index (χ1v) is 10.1. The number of nitrogens with zero attached hydrogens (tertiary/aromatic N) is 1. The van der Waals surface area contributed by atoms with Gasteiger partial charge >= 0.3 is 12.3 Å². The number of halogens is 4. The molecule has 1 amide bonds. The van der Waals surface area contributed by atoms with Crippen molar-refractivity contribution in [2.24, 2.45) is 11.3 Å². The number of nitrogen functional groups attached to an aromatic ring is 1. The summed E-state index contributed by atoms with van der Waals surface area (Å²) in [5, 5.41) is 9.23. The topological polar surface area (TPSA) is 75.8 Å². The lowest BCUT2D eigenvalue weighted by Crippen LogP contribution is -2.64. The smallest absolute Gasteiger partial charge is 0.417 e. The Labute approximate surface area is 183 Å². The highest BCUT2D eigenvalue weighted by Gasteiger charge is 2.48. The van der Waals surface area contributed by atoms with Crippen LogP contribution < -0.4 is 10.5 Å². The first-order chi connectivity index (χ1) is 14.3. The molecular weight excluding hydrogens is 433 g/mol. The average Bonchev–Trinajstić information content (AvgIpc) is 2.58. The lowest BCUT2D eigenvalue weighted by molar-refractivity contribution is -0.137. The van der Waals surface area contributed by atoms with Crippen molar-refractivity contribution in [3.63, 3.8) is 0 Å². The van der Waals surface area contributed by atoms with Gasteiger partial charge in [0, 0.05) is 29.8 Å². The van der Waals surface area contributed by atoms with Crippen LogP contribution in [0.1, 0.15) is 26.3 Å². The fourth-order valence-electron chi connectivity index (χ4n) is 4.16. The number of benzene rings is 2. The van der Waals surface area contributed by atoms with E-state index in [1.807, 2.05) is 20.8 Å². The van der Waals surface area contributed by atoms with Crippen LogP contribution in [0.15, 0.2) is 36.4 Å². The van der Waals surface area contributed by atoms with Gasteiger partial charge in [-0.05, 0) is 35.2 Å². The van der Waals surface area contributed by atoms with Crippen LogP contribution in [0.3, 0.4) is 0 Å². The molecule has 1 fully saturated rings.